The lowest BCUT2D eigenvalue weighted by atomic mass is 10.0. The molecule has 4 heteroatoms. The predicted molar refractivity (Wildman–Crippen MR) is 56.6 cm³/mol. The van der Waals surface area contributed by atoms with Crippen LogP contribution in [0, 0.1) is 0 Å². The molecule has 15 heavy (non-hydrogen) atoms. The lowest BCUT2D eigenvalue weighted by Crippen LogP contribution is -2.48. The summed E-state index contributed by atoms with van der Waals surface area (Å²) in [6, 6.07) is 0. The average molecular weight is 213 g/mol. The molecule has 0 spiro atoms. The molecule has 1 atom stereocenters. The van der Waals surface area contributed by atoms with Gasteiger partial charge in [-0.1, -0.05) is 0 Å². The summed E-state index contributed by atoms with van der Waals surface area (Å²) in [5.74, 6) is 0. The molecule has 1 fully saturated rings. The van der Waals surface area contributed by atoms with E-state index < -0.39 is 17.2 Å². The minimum Gasteiger partial charge on any atom is -0.444 e. The molecular weight excluding hydrogens is 194 g/mol. The van der Waals surface area contributed by atoms with E-state index in [0.717, 1.165) is 19.1 Å². The highest BCUT2D eigenvalue weighted by atomic mass is 16.6. The number of nitrogens with zero attached hydrogens (tertiary/aromatic N) is 1. The molecule has 0 bridgehead atoms. The molecule has 1 aliphatic heterocycles. The van der Waals surface area contributed by atoms with Crippen LogP contribution >= 0.6 is 0 Å². The second-order valence-electron chi connectivity index (χ2n) is 5.21. The van der Waals surface area contributed by atoms with Gasteiger partial charge in [0.05, 0.1) is 5.54 Å². The molecule has 1 heterocycles. The van der Waals surface area contributed by atoms with E-state index in [0.29, 0.717) is 6.54 Å². The molecule has 1 saturated heterocycles. The fraction of sp³-hybridized carbons (Fsp3) is 0.818. The third kappa shape index (κ3) is 2.70. The highest BCUT2D eigenvalue weighted by Crippen LogP contribution is 2.28. The van der Waals surface area contributed by atoms with Crippen LogP contribution < -0.4 is 0 Å². The summed E-state index contributed by atoms with van der Waals surface area (Å²) in [7, 11) is 0. The van der Waals surface area contributed by atoms with Gasteiger partial charge in [0, 0.05) is 6.54 Å². The zero-order valence-corrected chi connectivity index (χ0v) is 9.87. The van der Waals surface area contributed by atoms with Gasteiger partial charge in [0.15, 0.2) is 0 Å². The minimum atomic E-state index is -0.678. The Morgan fingerprint density at radius 1 is 1.47 bits per heavy atom. The number of likely N-dealkylation sites (tertiary alicyclic amines) is 1. The number of carbonyl (C=O) groups excluding carboxylic acids is 2. The first-order chi connectivity index (χ1) is 6.78. The van der Waals surface area contributed by atoms with Crippen molar-refractivity contribution in [3.8, 4) is 0 Å². The van der Waals surface area contributed by atoms with Gasteiger partial charge in [-0.05, 0) is 40.5 Å². The van der Waals surface area contributed by atoms with E-state index in [4.69, 9.17) is 4.74 Å². The second kappa shape index (κ2) is 3.83. The molecule has 1 aliphatic rings. The summed E-state index contributed by atoms with van der Waals surface area (Å²) in [6.07, 6.45) is 2.02. The van der Waals surface area contributed by atoms with Gasteiger partial charge < -0.3 is 9.53 Å². The van der Waals surface area contributed by atoms with Gasteiger partial charge in [-0.3, -0.25) is 4.90 Å². The second-order valence-corrected chi connectivity index (χ2v) is 5.21. The van der Waals surface area contributed by atoms with E-state index in [1.165, 1.54) is 4.90 Å². The summed E-state index contributed by atoms with van der Waals surface area (Å²) in [5.41, 5.74) is -1.19. The largest absolute Gasteiger partial charge is 0.444 e. The Hall–Kier alpha value is -1.06. The van der Waals surface area contributed by atoms with Crippen molar-refractivity contribution in [3.63, 3.8) is 0 Å². The van der Waals surface area contributed by atoms with Crippen LogP contribution in [0.4, 0.5) is 4.79 Å². The topological polar surface area (TPSA) is 46.6 Å². The van der Waals surface area contributed by atoms with Crippen molar-refractivity contribution in [1.29, 1.82) is 0 Å². The van der Waals surface area contributed by atoms with E-state index >= 15 is 0 Å². The van der Waals surface area contributed by atoms with Crippen molar-refractivity contribution >= 4 is 12.4 Å². The van der Waals surface area contributed by atoms with E-state index in [9.17, 15) is 9.59 Å². The highest BCUT2D eigenvalue weighted by molar-refractivity contribution is 5.77. The standard InChI is InChI=1S/C11H19NO3/c1-10(2,3)15-9(14)12-7-5-6-11(12,4)8-13/h8H,5-7H2,1-4H3. The Kier molecular flexibility index (Phi) is 3.07. The third-order valence-electron chi connectivity index (χ3n) is 2.55. The Morgan fingerprint density at radius 3 is 2.53 bits per heavy atom. The summed E-state index contributed by atoms with van der Waals surface area (Å²) < 4.78 is 5.25. The molecule has 0 aromatic heterocycles. The molecule has 0 aromatic rings. The van der Waals surface area contributed by atoms with Crippen LogP contribution in [0.5, 0.6) is 0 Å². The SMILES string of the molecule is CC(C)(C)OC(=O)N1CCCC1(C)C=O. The summed E-state index contributed by atoms with van der Waals surface area (Å²) in [6.45, 7) is 7.83. The van der Waals surface area contributed by atoms with Crippen molar-refractivity contribution in [2.45, 2.75) is 51.7 Å². The first kappa shape index (κ1) is 12.0. The molecule has 0 N–H and O–H groups in total. The summed E-state index contributed by atoms with van der Waals surface area (Å²) in [5, 5.41) is 0. The van der Waals surface area contributed by atoms with Gasteiger partial charge in [-0.15, -0.1) is 0 Å². The molecule has 1 rings (SSSR count). The predicted octanol–water partition coefficient (Wildman–Crippen LogP) is 1.97. The van der Waals surface area contributed by atoms with Gasteiger partial charge >= 0.3 is 6.09 Å². The first-order valence-electron chi connectivity index (χ1n) is 5.25. The molecule has 1 amide bonds. The monoisotopic (exact) mass is 213 g/mol. The Morgan fingerprint density at radius 2 is 2.07 bits per heavy atom. The van der Waals surface area contributed by atoms with Crippen LogP contribution in [0.2, 0.25) is 0 Å². The maximum absolute atomic E-state index is 11.8. The summed E-state index contributed by atoms with van der Waals surface area (Å²) >= 11 is 0. The molecule has 0 aromatic carbocycles. The van der Waals surface area contributed by atoms with Crippen LogP contribution in [-0.2, 0) is 9.53 Å². The number of hydrogen-bond acceptors (Lipinski definition) is 3. The summed E-state index contributed by atoms with van der Waals surface area (Å²) in [4.78, 5) is 24.3. The molecule has 1 unspecified atom stereocenters. The van der Waals surface area contributed by atoms with Crippen LogP contribution in [0.1, 0.15) is 40.5 Å². The lowest BCUT2D eigenvalue weighted by molar-refractivity contribution is -0.116. The van der Waals surface area contributed by atoms with E-state index in [2.05, 4.69) is 0 Å². The lowest BCUT2D eigenvalue weighted by Gasteiger charge is -2.32. The maximum Gasteiger partial charge on any atom is 0.411 e. The zero-order valence-electron chi connectivity index (χ0n) is 9.87. The smallest absolute Gasteiger partial charge is 0.411 e. The van der Waals surface area contributed by atoms with Crippen molar-refractivity contribution < 1.29 is 14.3 Å². The van der Waals surface area contributed by atoms with Crippen LogP contribution in [-0.4, -0.2) is 35.0 Å². The zero-order chi connectivity index (χ0) is 11.7. The molecule has 4 nitrogen and oxygen atoms in total. The fourth-order valence-electron chi connectivity index (χ4n) is 1.72. The van der Waals surface area contributed by atoms with Gasteiger partial charge in [-0.25, -0.2) is 4.79 Å². The van der Waals surface area contributed by atoms with Gasteiger partial charge in [0.25, 0.3) is 0 Å². The molecule has 0 saturated carbocycles. The van der Waals surface area contributed by atoms with Gasteiger partial charge in [0.2, 0.25) is 0 Å². The molecule has 0 radical (unpaired) electrons. The van der Waals surface area contributed by atoms with Gasteiger partial charge in [-0.2, -0.15) is 0 Å². The van der Waals surface area contributed by atoms with E-state index in [1.54, 1.807) is 6.92 Å². The Labute approximate surface area is 90.6 Å². The van der Waals surface area contributed by atoms with Crippen molar-refractivity contribution in [3.05, 3.63) is 0 Å². The van der Waals surface area contributed by atoms with Crippen LogP contribution in [0.3, 0.4) is 0 Å². The fourth-order valence-corrected chi connectivity index (χ4v) is 1.72. The maximum atomic E-state index is 11.8. The number of carbonyl (C=O) groups is 2. The van der Waals surface area contributed by atoms with Crippen molar-refractivity contribution in [2.24, 2.45) is 0 Å². The average Bonchev–Trinajstić information content (AvgIpc) is 2.45. The molecule has 86 valence electrons. The highest BCUT2D eigenvalue weighted by Gasteiger charge is 2.41. The quantitative estimate of drug-likeness (QED) is 0.626. The van der Waals surface area contributed by atoms with E-state index in [-0.39, 0.29) is 0 Å². The Balaban J connectivity index is 2.72. The van der Waals surface area contributed by atoms with Crippen LogP contribution in [0.25, 0.3) is 0 Å². The number of ether oxygens (including phenoxy) is 1. The van der Waals surface area contributed by atoms with E-state index in [1.807, 2.05) is 20.8 Å². The number of rotatable bonds is 1. The van der Waals surface area contributed by atoms with Gasteiger partial charge in [0.1, 0.15) is 11.9 Å². The van der Waals surface area contributed by atoms with Crippen molar-refractivity contribution in [2.75, 3.05) is 6.54 Å². The third-order valence-corrected chi connectivity index (χ3v) is 2.55. The van der Waals surface area contributed by atoms with Crippen molar-refractivity contribution in [1.82, 2.24) is 4.90 Å². The molecular formula is C11H19NO3. The minimum absolute atomic E-state index is 0.394. The Bertz CT molecular complexity index is 269. The number of aldehydes is 1. The molecule has 0 aliphatic carbocycles. The normalized spacial score (nSPS) is 26.5. The number of hydrogen-bond donors (Lipinski definition) is 0. The van der Waals surface area contributed by atoms with Crippen LogP contribution in [0.15, 0.2) is 0 Å². The number of amides is 1. The first-order valence-corrected chi connectivity index (χ1v) is 5.25.